The second-order valence-corrected chi connectivity index (χ2v) is 6.35. The van der Waals surface area contributed by atoms with Crippen molar-refractivity contribution in [2.24, 2.45) is 0 Å². The van der Waals surface area contributed by atoms with Gasteiger partial charge in [0.25, 0.3) is 0 Å². The second-order valence-electron chi connectivity index (χ2n) is 5.13. The highest BCUT2D eigenvalue weighted by molar-refractivity contribution is 6.43. The molecule has 1 heterocycles. The molecule has 0 fully saturated rings. The standard InChI is InChI=1S/C19H12Cl3NO2/c20-12-4-6-13(7-5-12)23-18(24)11-9-14-8-10-17(25-14)15-2-1-3-16(21)19(15)22/h1-11H,(H,23,24). The molecular weight excluding hydrogens is 381 g/mol. The number of rotatable bonds is 4. The predicted octanol–water partition coefficient (Wildman–Crippen LogP) is 6.56. The van der Waals surface area contributed by atoms with Crippen LogP contribution in [-0.2, 0) is 4.79 Å². The minimum absolute atomic E-state index is 0.277. The lowest BCUT2D eigenvalue weighted by Crippen LogP contribution is -2.07. The lowest BCUT2D eigenvalue weighted by Gasteiger charge is -2.02. The molecule has 126 valence electrons. The maximum Gasteiger partial charge on any atom is 0.248 e. The molecule has 0 atom stereocenters. The fraction of sp³-hybridized carbons (Fsp3) is 0. The summed E-state index contributed by atoms with van der Waals surface area (Å²) in [6.45, 7) is 0. The van der Waals surface area contributed by atoms with Crippen molar-refractivity contribution in [2.45, 2.75) is 0 Å². The normalized spacial score (nSPS) is 11.0. The molecule has 2 aromatic carbocycles. The zero-order chi connectivity index (χ0) is 17.8. The van der Waals surface area contributed by atoms with Gasteiger partial charge in [-0.3, -0.25) is 4.79 Å². The molecule has 25 heavy (non-hydrogen) atoms. The van der Waals surface area contributed by atoms with E-state index in [1.165, 1.54) is 6.08 Å². The van der Waals surface area contributed by atoms with Gasteiger partial charge >= 0.3 is 0 Å². The summed E-state index contributed by atoms with van der Waals surface area (Å²) in [5.41, 5.74) is 1.35. The van der Waals surface area contributed by atoms with Gasteiger partial charge in [-0.1, -0.05) is 40.9 Å². The van der Waals surface area contributed by atoms with Gasteiger partial charge in [0, 0.05) is 22.3 Å². The smallest absolute Gasteiger partial charge is 0.248 e. The van der Waals surface area contributed by atoms with Crippen LogP contribution in [0.2, 0.25) is 15.1 Å². The van der Waals surface area contributed by atoms with Gasteiger partial charge < -0.3 is 9.73 Å². The number of anilines is 1. The summed E-state index contributed by atoms with van der Waals surface area (Å²) in [5.74, 6) is 0.823. The Kier molecular flexibility index (Phi) is 5.49. The first kappa shape index (κ1) is 17.6. The lowest BCUT2D eigenvalue weighted by molar-refractivity contribution is -0.111. The first-order valence-corrected chi connectivity index (χ1v) is 8.45. The van der Waals surface area contributed by atoms with E-state index in [9.17, 15) is 4.79 Å². The number of furan rings is 1. The van der Waals surface area contributed by atoms with Crippen LogP contribution in [0.1, 0.15) is 5.76 Å². The number of amides is 1. The minimum atomic E-state index is -0.277. The Morgan fingerprint density at radius 3 is 2.48 bits per heavy atom. The first-order valence-electron chi connectivity index (χ1n) is 7.32. The molecule has 0 bridgehead atoms. The molecule has 0 spiro atoms. The fourth-order valence-corrected chi connectivity index (χ4v) is 2.68. The van der Waals surface area contributed by atoms with E-state index in [2.05, 4.69) is 5.32 Å². The van der Waals surface area contributed by atoms with Crippen LogP contribution in [0.15, 0.2) is 65.1 Å². The van der Waals surface area contributed by atoms with Crippen LogP contribution in [0, 0.1) is 0 Å². The largest absolute Gasteiger partial charge is 0.457 e. The van der Waals surface area contributed by atoms with Crippen molar-refractivity contribution < 1.29 is 9.21 Å². The lowest BCUT2D eigenvalue weighted by atomic mass is 10.2. The molecule has 0 saturated heterocycles. The fourth-order valence-electron chi connectivity index (χ4n) is 2.16. The van der Waals surface area contributed by atoms with Crippen LogP contribution in [-0.4, -0.2) is 5.91 Å². The van der Waals surface area contributed by atoms with Crippen LogP contribution >= 0.6 is 34.8 Å². The molecule has 0 radical (unpaired) electrons. The number of carbonyl (C=O) groups is 1. The number of carbonyl (C=O) groups excluding carboxylic acids is 1. The van der Waals surface area contributed by atoms with Crippen molar-refractivity contribution in [3.05, 3.63) is 81.5 Å². The van der Waals surface area contributed by atoms with Crippen LogP contribution in [0.4, 0.5) is 5.69 Å². The van der Waals surface area contributed by atoms with Crippen LogP contribution in [0.5, 0.6) is 0 Å². The molecule has 0 aliphatic carbocycles. The molecule has 0 aliphatic heterocycles. The molecule has 6 heteroatoms. The van der Waals surface area contributed by atoms with Gasteiger partial charge in [-0.2, -0.15) is 0 Å². The Bertz CT molecular complexity index is 930. The van der Waals surface area contributed by atoms with Crippen molar-refractivity contribution in [3.8, 4) is 11.3 Å². The van der Waals surface area contributed by atoms with Crippen molar-refractivity contribution in [1.29, 1.82) is 0 Å². The third-order valence-corrected chi connectivity index (χ3v) is 4.43. The van der Waals surface area contributed by atoms with E-state index in [4.69, 9.17) is 39.2 Å². The number of benzene rings is 2. The van der Waals surface area contributed by atoms with Gasteiger partial charge in [-0.25, -0.2) is 0 Å². The van der Waals surface area contributed by atoms with Crippen LogP contribution in [0.3, 0.4) is 0 Å². The molecule has 0 unspecified atom stereocenters. The Morgan fingerprint density at radius 2 is 1.72 bits per heavy atom. The van der Waals surface area contributed by atoms with E-state index < -0.39 is 0 Å². The molecule has 0 saturated carbocycles. The van der Waals surface area contributed by atoms with E-state index in [1.54, 1.807) is 54.6 Å². The summed E-state index contributed by atoms with van der Waals surface area (Å²) >= 11 is 18.0. The average molecular weight is 393 g/mol. The topological polar surface area (TPSA) is 42.2 Å². The highest BCUT2D eigenvalue weighted by Crippen LogP contribution is 2.34. The van der Waals surface area contributed by atoms with Crippen LogP contribution in [0.25, 0.3) is 17.4 Å². The first-order chi connectivity index (χ1) is 12.0. The Labute approximate surface area is 159 Å². The van der Waals surface area contributed by atoms with Crippen molar-refractivity contribution in [2.75, 3.05) is 5.32 Å². The zero-order valence-electron chi connectivity index (χ0n) is 12.8. The van der Waals surface area contributed by atoms with E-state index in [0.717, 1.165) is 0 Å². The molecule has 1 N–H and O–H groups in total. The predicted molar refractivity (Wildman–Crippen MR) is 103 cm³/mol. The van der Waals surface area contributed by atoms with Crippen molar-refractivity contribution >= 4 is 52.5 Å². The summed E-state index contributed by atoms with van der Waals surface area (Å²) in [6.07, 6.45) is 2.96. The molecular formula is C19H12Cl3NO2. The van der Waals surface area contributed by atoms with Gasteiger partial charge in [0.1, 0.15) is 11.5 Å². The SMILES string of the molecule is O=C(C=Cc1ccc(-c2cccc(Cl)c2Cl)o1)Nc1ccc(Cl)cc1. The number of nitrogens with one attached hydrogen (secondary N) is 1. The van der Waals surface area contributed by atoms with Gasteiger partial charge in [0.15, 0.2) is 0 Å². The number of hydrogen-bond acceptors (Lipinski definition) is 2. The zero-order valence-corrected chi connectivity index (χ0v) is 15.1. The number of hydrogen-bond donors (Lipinski definition) is 1. The molecule has 0 aliphatic rings. The van der Waals surface area contributed by atoms with Gasteiger partial charge in [0.2, 0.25) is 5.91 Å². The summed E-state index contributed by atoms with van der Waals surface area (Å²) in [4.78, 5) is 11.9. The highest BCUT2D eigenvalue weighted by Gasteiger charge is 2.10. The molecule has 1 aromatic heterocycles. The maximum absolute atomic E-state index is 11.9. The Hall–Kier alpha value is -2.20. The molecule has 1 amide bonds. The van der Waals surface area contributed by atoms with Gasteiger partial charge in [0.05, 0.1) is 10.0 Å². The van der Waals surface area contributed by atoms with Gasteiger partial charge in [-0.15, -0.1) is 0 Å². The quantitative estimate of drug-likeness (QED) is 0.511. The number of halogens is 3. The third kappa shape index (κ3) is 4.45. The summed E-state index contributed by atoms with van der Waals surface area (Å²) in [6, 6.07) is 15.7. The highest BCUT2D eigenvalue weighted by atomic mass is 35.5. The van der Waals surface area contributed by atoms with Crippen LogP contribution < -0.4 is 5.32 Å². The van der Waals surface area contributed by atoms with E-state index >= 15 is 0 Å². The van der Waals surface area contributed by atoms with E-state index in [1.807, 2.05) is 6.07 Å². The second kappa shape index (κ2) is 7.79. The molecule has 3 aromatic rings. The maximum atomic E-state index is 11.9. The average Bonchev–Trinajstić information content (AvgIpc) is 3.06. The molecule has 3 rings (SSSR count). The monoisotopic (exact) mass is 391 g/mol. The summed E-state index contributed by atoms with van der Waals surface area (Å²) < 4.78 is 5.69. The summed E-state index contributed by atoms with van der Waals surface area (Å²) in [5, 5.41) is 4.22. The Balaban J connectivity index is 1.70. The summed E-state index contributed by atoms with van der Waals surface area (Å²) in [7, 11) is 0. The van der Waals surface area contributed by atoms with Crippen molar-refractivity contribution in [1.82, 2.24) is 0 Å². The van der Waals surface area contributed by atoms with Gasteiger partial charge in [-0.05, 0) is 54.6 Å². The van der Waals surface area contributed by atoms with E-state index in [0.29, 0.717) is 37.8 Å². The third-order valence-electron chi connectivity index (χ3n) is 3.35. The van der Waals surface area contributed by atoms with Crippen molar-refractivity contribution in [3.63, 3.8) is 0 Å². The molecule has 3 nitrogen and oxygen atoms in total. The Morgan fingerprint density at radius 1 is 0.960 bits per heavy atom. The van der Waals surface area contributed by atoms with E-state index in [-0.39, 0.29) is 5.91 Å². The minimum Gasteiger partial charge on any atom is -0.457 e.